The maximum Gasteiger partial charge on any atom is 0.0235 e. The van der Waals surface area contributed by atoms with Gasteiger partial charge < -0.3 is 10.2 Å². The first-order valence-electron chi connectivity index (χ1n) is 8.40. The lowest BCUT2D eigenvalue weighted by Gasteiger charge is -2.29. The van der Waals surface area contributed by atoms with Gasteiger partial charge >= 0.3 is 0 Å². The normalized spacial score (nSPS) is 27.5. The molecule has 2 aliphatic heterocycles. The molecule has 0 aromatic carbocycles. The second-order valence-electron chi connectivity index (χ2n) is 6.75. The number of likely N-dealkylation sites (tertiary alicyclic amines) is 2. The van der Waals surface area contributed by atoms with E-state index in [0.717, 1.165) is 18.5 Å². The molecule has 3 nitrogen and oxygen atoms in total. The Morgan fingerprint density at radius 1 is 1.16 bits per heavy atom. The predicted octanol–water partition coefficient (Wildman–Crippen LogP) is 2.18. The van der Waals surface area contributed by atoms with E-state index in [1.54, 1.807) is 0 Å². The van der Waals surface area contributed by atoms with Crippen molar-refractivity contribution in [1.82, 2.24) is 15.1 Å². The molecule has 2 atom stereocenters. The molecule has 2 unspecified atom stereocenters. The van der Waals surface area contributed by atoms with Crippen LogP contribution in [0.1, 0.15) is 46.5 Å². The van der Waals surface area contributed by atoms with E-state index in [2.05, 4.69) is 35.9 Å². The van der Waals surface area contributed by atoms with E-state index in [1.165, 1.54) is 58.4 Å². The van der Waals surface area contributed by atoms with Gasteiger partial charge in [0.15, 0.2) is 0 Å². The molecule has 0 spiro atoms. The second-order valence-corrected chi connectivity index (χ2v) is 6.75. The number of nitrogens with zero attached hydrogens (tertiary/aromatic N) is 2. The highest BCUT2D eigenvalue weighted by Crippen LogP contribution is 2.21. The molecule has 0 radical (unpaired) electrons. The Bertz CT molecular complexity index is 248. The van der Waals surface area contributed by atoms with Crippen LogP contribution in [-0.2, 0) is 0 Å². The second kappa shape index (κ2) is 7.61. The molecule has 2 aliphatic rings. The third-order valence-corrected chi connectivity index (χ3v) is 4.82. The monoisotopic (exact) mass is 267 g/mol. The van der Waals surface area contributed by atoms with Crippen molar-refractivity contribution in [3.8, 4) is 0 Å². The molecular formula is C16H33N3. The molecule has 2 heterocycles. The Kier molecular flexibility index (Phi) is 6.11. The standard InChI is InChI=1S/C16H33N3/c1-4-8-17-16(14(2)3)13-18-11-7-15(12-18)19-9-5-6-10-19/h14-17H,4-13H2,1-3H3. The summed E-state index contributed by atoms with van der Waals surface area (Å²) in [5.74, 6) is 0.734. The van der Waals surface area contributed by atoms with Crippen molar-refractivity contribution < 1.29 is 0 Å². The number of rotatable bonds is 7. The van der Waals surface area contributed by atoms with Crippen molar-refractivity contribution in [2.45, 2.75) is 58.5 Å². The van der Waals surface area contributed by atoms with Crippen LogP contribution in [0.2, 0.25) is 0 Å². The molecule has 0 aromatic rings. The molecule has 0 aliphatic carbocycles. The van der Waals surface area contributed by atoms with E-state index in [4.69, 9.17) is 0 Å². The van der Waals surface area contributed by atoms with Crippen LogP contribution in [-0.4, -0.2) is 61.2 Å². The van der Waals surface area contributed by atoms with Gasteiger partial charge in [0.05, 0.1) is 0 Å². The van der Waals surface area contributed by atoms with E-state index < -0.39 is 0 Å². The minimum atomic E-state index is 0.664. The number of nitrogens with one attached hydrogen (secondary N) is 1. The lowest BCUT2D eigenvalue weighted by Crippen LogP contribution is -2.45. The maximum absolute atomic E-state index is 3.72. The molecule has 19 heavy (non-hydrogen) atoms. The zero-order chi connectivity index (χ0) is 13.7. The van der Waals surface area contributed by atoms with Gasteiger partial charge in [-0.05, 0) is 57.8 Å². The number of hydrogen-bond acceptors (Lipinski definition) is 3. The molecule has 1 N–H and O–H groups in total. The fraction of sp³-hybridized carbons (Fsp3) is 1.00. The van der Waals surface area contributed by atoms with Crippen LogP contribution in [0.5, 0.6) is 0 Å². The lowest BCUT2D eigenvalue weighted by molar-refractivity contribution is 0.212. The van der Waals surface area contributed by atoms with E-state index in [-0.39, 0.29) is 0 Å². The highest BCUT2D eigenvalue weighted by Gasteiger charge is 2.30. The molecule has 0 saturated carbocycles. The van der Waals surface area contributed by atoms with Gasteiger partial charge in [-0.1, -0.05) is 20.8 Å². The summed E-state index contributed by atoms with van der Waals surface area (Å²) in [5.41, 5.74) is 0. The molecule has 0 amide bonds. The Hall–Kier alpha value is -0.120. The average Bonchev–Trinajstić information content (AvgIpc) is 3.04. The Morgan fingerprint density at radius 2 is 1.89 bits per heavy atom. The van der Waals surface area contributed by atoms with Crippen molar-refractivity contribution in [1.29, 1.82) is 0 Å². The van der Waals surface area contributed by atoms with E-state index in [1.807, 2.05) is 0 Å². The zero-order valence-electron chi connectivity index (χ0n) is 13.2. The summed E-state index contributed by atoms with van der Waals surface area (Å²) in [6, 6.07) is 1.51. The van der Waals surface area contributed by atoms with Gasteiger partial charge in [-0.3, -0.25) is 4.90 Å². The van der Waals surface area contributed by atoms with Crippen LogP contribution < -0.4 is 5.32 Å². The highest BCUT2D eigenvalue weighted by molar-refractivity contribution is 4.87. The summed E-state index contributed by atoms with van der Waals surface area (Å²) >= 11 is 0. The highest BCUT2D eigenvalue weighted by atomic mass is 15.3. The van der Waals surface area contributed by atoms with Gasteiger partial charge in [0.25, 0.3) is 0 Å². The van der Waals surface area contributed by atoms with Crippen LogP contribution in [0.3, 0.4) is 0 Å². The summed E-state index contributed by atoms with van der Waals surface area (Å²) in [5, 5.41) is 3.72. The summed E-state index contributed by atoms with van der Waals surface area (Å²) in [7, 11) is 0. The van der Waals surface area contributed by atoms with Crippen molar-refractivity contribution in [3.05, 3.63) is 0 Å². The molecule has 0 aromatic heterocycles. The predicted molar refractivity (Wildman–Crippen MR) is 82.6 cm³/mol. The first-order valence-corrected chi connectivity index (χ1v) is 8.40. The molecule has 112 valence electrons. The van der Waals surface area contributed by atoms with Gasteiger partial charge in [0.1, 0.15) is 0 Å². The minimum Gasteiger partial charge on any atom is -0.312 e. The smallest absolute Gasteiger partial charge is 0.0235 e. The summed E-state index contributed by atoms with van der Waals surface area (Å²) in [6.45, 7) is 14.6. The van der Waals surface area contributed by atoms with Crippen LogP contribution in [0, 0.1) is 5.92 Å². The van der Waals surface area contributed by atoms with Gasteiger partial charge in [-0.2, -0.15) is 0 Å². The van der Waals surface area contributed by atoms with Crippen molar-refractivity contribution >= 4 is 0 Å². The Labute approximate surface area is 119 Å². The molecule has 2 saturated heterocycles. The third kappa shape index (κ3) is 4.44. The molecular weight excluding hydrogens is 234 g/mol. The van der Waals surface area contributed by atoms with Gasteiger partial charge in [0, 0.05) is 25.2 Å². The van der Waals surface area contributed by atoms with Gasteiger partial charge in [-0.25, -0.2) is 0 Å². The minimum absolute atomic E-state index is 0.664. The Morgan fingerprint density at radius 3 is 2.53 bits per heavy atom. The first kappa shape index (κ1) is 15.3. The van der Waals surface area contributed by atoms with E-state index in [9.17, 15) is 0 Å². The van der Waals surface area contributed by atoms with Crippen LogP contribution in [0.15, 0.2) is 0 Å². The number of hydrogen-bond donors (Lipinski definition) is 1. The van der Waals surface area contributed by atoms with Crippen LogP contribution in [0.4, 0.5) is 0 Å². The molecule has 3 heteroatoms. The third-order valence-electron chi connectivity index (χ3n) is 4.82. The van der Waals surface area contributed by atoms with Crippen LogP contribution in [0.25, 0.3) is 0 Å². The first-order chi connectivity index (χ1) is 9.20. The molecule has 0 bridgehead atoms. The van der Waals surface area contributed by atoms with Gasteiger partial charge in [-0.15, -0.1) is 0 Å². The van der Waals surface area contributed by atoms with Crippen molar-refractivity contribution in [2.75, 3.05) is 39.3 Å². The average molecular weight is 267 g/mol. The summed E-state index contributed by atoms with van der Waals surface area (Å²) in [4.78, 5) is 5.42. The topological polar surface area (TPSA) is 18.5 Å². The fourth-order valence-electron chi connectivity index (χ4n) is 3.50. The maximum atomic E-state index is 3.72. The summed E-state index contributed by atoms with van der Waals surface area (Å²) < 4.78 is 0. The van der Waals surface area contributed by atoms with E-state index >= 15 is 0 Å². The molecule has 2 fully saturated rings. The van der Waals surface area contributed by atoms with Crippen molar-refractivity contribution in [3.63, 3.8) is 0 Å². The molecule has 2 rings (SSSR count). The fourth-order valence-corrected chi connectivity index (χ4v) is 3.50. The summed E-state index contributed by atoms with van der Waals surface area (Å²) in [6.07, 6.45) is 5.46. The quantitative estimate of drug-likeness (QED) is 0.763. The lowest BCUT2D eigenvalue weighted by atomic mass is 10.0. The van der Waals surface area contributed by atoms with E-state index in [0.29, 0.717) is 6.04 Å². The zero-order valence-corrected chi connectivity index (χ0v) is 13.2. The Balaban J connectivity index is 1.75. The largest absolute Gasteiger partial charge is 0.312 e. The van der Waals surface area contributed by atoms with Crippen molar-refractivity contribution in [2.24, 2.45) is 5.92 Å². The SMILES string of the molecule is CCCNC(CN1CCC(N2CCCC2)C1)C(C)C. The van der Waals surface area contributed by atoms with Gasteiger partial charge in [0.2, 0.25) is 0 Å². The van der Waals surface area contributed by atoms with Crippen LogP contribution >= 0.6 is 0 Å².